The van der Waals surface area contributed by atoms with Crippen LogP contribution in [0.4, 0.5) is 0 Å². The first-order valence-corrected chi connectivity index (χ1v) is 2.32. The Labute approximate surface area is 49.0 Å². The van der Waals surface area contributed by atoms with E-state index in [1.54, 1.807) is 6.92 Å². The SMILES string of the molecule is [2H]C(=O)CC(=O)OCC. The van der Waals surface area contributed by atoms with Gasteiger partial charge in [-0.15, -0.1) is 0 Å². The van der Waals surface area contributed by atoms with Crippen molar-refractivity contribution in [3.8, 4) is 0 Å². The first-order chi connectivity index (χ1) is 4.16. The van der Waals surface area contributed by atoms with Crippen molar-refractivity contribution in [1.29, 1.82) is 0 Å². The smallest absolute Gasteiger partial charge is 0.312 e. The normalized spacial score (nSPS) is 9.88. The van der Waals surface area contributed by atoms with Gasteiger partial charge in [-0.2, -0.15) is 0 Å². The fourth-order valence-electron chi connectivity index (χ4n) is 0.271. The molecule has 0 unspecified atom stereocenters. The minimum Gasteiger partial charge on any atom is -0.466 e. The second kappa shape index (κ2) is 4.30. The molecule has 0 aliphatic heterocycles. The monoisotopic (exact) mass is 117 g/mol. The molecule has 0 spiro atoms. The number of carbonyl (C=O) groups is 2. The van der Waals surface area contributed by atoms with Gasteiger partial charge >= 0.3 is 5.97 Å². The molecule has 0 atom stereocenters. The average molecular weight is 117 g/mol. The van der Waals surface area contributed by atoms with Crippen LogP contribution in [-0.2, 0) is 14.3 Å². The van der Waals surface area contributed by atoms with Crippen LogP contribution in [0.2, 0.25) is 0 Å². The van der Waals surface area contributed by atoms with Crippen LogP contribution in [0.3, 0.4) is 0 Å². The van der Waals surface area contributed by atoms with Crippen LogP contribution in [0.5, 0.6) is 0 Å². The summed E-state index contributed by atoms with van der Waals surface area (Å²) in [4.78, 5) is 20.2. The summed E-state index contributed by atoms with van der Waals surface area (Å²) >= 11 is 0. The molecule has 3 nitrogen and oxygen atoms in total. The van der Waals surface area contributed by atoms with E-state index in [0.29, 0.717) is 0 Å². The highest BCUT2D eigenvalue weighted by Gasteiger charge is 1.95. The number of carbonyl (C=O) groups excluding carboxylic acids is 2. The molecule has 0 aliphatic rings. The van der Waals surface area contributed by atoms with E-state index in [1.807, 2.05) is 0 Å². The van der Waals surface area contributed by atoms with Crippen molar-refractivity contribution in [2.45, 2.75) is 13.3 Å². The molecule has 0 bridgehead atoms. The predicted octanol–water partition coefficient (Wildman–Crippen LogP) is 0.138. The van der Waals surface area contributed by atoms with Gasteiger partial charge in [-0.3, -0.25) is 4.79 Å². The molecular formula is C5H8O3. The van der Waals surface area contributed by atoms with Crippen molar-refractivity contribution < 1.29 is 15.7 Å². The lowest BCUT2D eigenvalue weighted by Crippen LogP contribution is -2.03. The molecule has 0 N–H and O–H groups in total. The van der Waals surface area contributed by atoms with Crippen molar-refractivity contribution in [3.05, 3.63) is 0 Å². The Balaban J connectivity index is 3.39. The Bertz CT molecular complexity index is 121. The van der Waals surface area contributed by atoms with E-state index < -0.39 is 18.7 Å². The van der Waals surface area contributed by atoms with Crippen molar-refractivity contribution in [3.63, 3.8) is 0 Å². The second-order valence-corrected chi connectivity index (χ2v) is 1.13. The first kappa shape index (κ1) is 5.28. The van der Waals surface area contributed by atoms with Gasteiger partial charge in [-0.1, -0.05) is 0 Å². The number of aldehydes is 1. The zero-order valence-electron chi connectivity index (χ0n) is 5.64. The fourth-order valence-corrected chi connectivity index (χ4v) is 0.271. The maximum atomic E-state index is 10.3. The number of hydrogen-bond acceptors (Lipinski definition) is 3. The predicted molar refractivity (Wildman–Crippen MR) is 27.3 cm³/mol. The van der Waals surface area contributed by atoms with Gasteiger partial charge in [-0.05, 0) is 6.92 Å². The summed E-state index contributed by atoms with van der Waals surface area (Å²) in [6, 6.07) is 0. The molecule has 0 fully saturated rings. The molecule has 0 aromatic heterocycles. The highest BCUT2D eigenvalue weighted by molar-refractivity contribution is 5.83. The second-order valence-electron chi connectivity index (χ2n) is 1.13. The summed E-state index contributed by atoms with van der Waals surface area (Å²) in [5.41, 5.74) is 0. The average Bonchev–Trinajstić information content (AvgIpc) is 1.63. The maximum Gasteiger partial charge on any atom is 0.312 e. The molecule has 0 saturated heterocycles. The minimum atomic E-state index is -0.909. The van der Waals surface area contributed by atoms with Crippen LogP contribution in [0.1, 0.15) is 14.7 Å². The molecule has 0 heterocycles. The van der Waals surface area contributed by atoms with Crippen LogP contribution in [-0.4, -0.2) is 18.8 Å². The number of ether oxygens (including phenoxy) is 1. The third kappa shape index (κ3) is 3.33. The number of hydrogen-bond donors (Lipinski definition) is 0. The van der Waals surface area contributed by atoms with E-state index in [-0.39, 0.29) is 6.61 Å². The summed E-state index contributed by atoms with van der Waals surface area (Å²) < 4.78 is 10.7. The molecule has 0 radical (unpaired) electrons. The van der Waals surface area contributed by atoms with Crippen molar-refractivity contribution >= 4 is 12.2 Å². The fraction of sp³-hybridized carbons (Fsp3) is 0.600. The largest absolute Gasteiger partial charge is 0.466 e. The van der Waals surface area contributed by atoms with E-state index in [2.05, 4.69) is 4.74 Å². The van der Waals surface area contributed by atoms with E-state index >= 15 is 0 Å². The van der Waals surface area contributed by atoms with Gasteiger partial charge in [0, 0.05) is 0 Å². The van der Waals surface area contributed by atoms with E-state index in [0.717, 1.165) is 0 Å². The topological polar surface area (TPSA) is 43.4 Å². The van der Waals surface area contributed by atoms with Gasteiger partial charge < -0.3 is 9.53 Å². The maximum absolute atomic E-state index is 10.3. The third-order valence-corrected chi connectivity index (χ3v) is 0.522. The van der Waals surface area contributed by atoms with Gasteiger partial charge in [0.1, 0.15) is 14.1 Å². The highest BCUT2D eigenvalue weighted by Crippen LogP contribution is 1.79. The highest BCUT2D eigenvalue weighted by atomic mass is 16.5. The van der Waals surface area contributed by atoms with Crippen LogP contribution in [0, 0.1) is 0 Å². The summed E-state index contributed by atoms with van der Waals surface area (Å²) in [7, 11) is 0. The zero-order valence-corrected chi connectivity index (χ0v) is 4.64. The van der Waals surface area contributed by atoms with E-state index in [9.17, 15) is 9.59 Å². The molecule has 0 aromatic carbocycles. The van der Waals surface area contributed by atoms with Gasteiger partial charge in [0.15, 0.2) is 0 Å². The Morgan fingerprint density at radius 3 is 3.00 bits per heavy atom. The Hall–Kier alpha value is -0.860. The van der Waals surface area contributed by atoms with Crippen molar-refractivity contribution in [2.75, 3.05) is 6.61 Å². The van der Waals surface area contributed by atoms with Crippen molar-refractivity contribution in [1.82, 2.24) is 0 Å². The lowest BCUT2D eigenvalue weighted by atomic mass is 10.5. The molecule has 0 rings (SSSR count). The van der Waals surface area contributed by atoms with Gasteiger partial charge in [-0.25, -0.2) is 0 Å². The minimum absolute atomic E-state index is 0.256. The molecule has 0 amide bonds. The van der Waals surface area contributed by atoms with E-state index in [4.69, 9.17) is 1.37 Å². The molecule has 0 aromatic rings. The van der Waals surface area contributed by atoms with Gasteiger partial charge in [0.25, 0.3) is 0 Å². The number of esters is 1. The van der Waals surface area contributed by atoms with Crippen LogP contribution < -0.4 is 0 Å². The Morgan fingerprint density at radius 1 is 2.00 bits per heavy atom. The van der Waals surface area contributed by atoms with Crippen LogP contribution >= 0.6 is 0 Å². The standard InChI is InChI=1S/C5H8O3/c1-2-8-5(7)3-4-6/h4H,2-3H2,1H3/i4D. The lowest BCUT2D eigenvalue weighted by Gasteiger charge is -1.93. The molecule has 0 saturated carbocycles. The molecule has 3 heteroatoms. The number of rotatable bonds is 3. The van der Waals surface area contributed by atoms with Crippen molar-refractivity contribution in [2.24, 2.45) is 0 Å². The zero-order chi connectivity index (χ0) is 7.28. The Morgan fingerprint density at radius 2 is 2.62 bits per heavy atom. The summed E-state index contributed by atoms with van der Waals surface area (Å²) in [5, 5.41) is 0. The van der Waals surface area contributed by atoms with Gasteiger partial charge in [0.05, 0.1) is 6.61 Å². The summed E-state index contributed by atoms with van der Waals surface area (Å²) in [6.07, 6.45) is -1.35. The van der Waals surface area contributed by atoms with Crippen LogP contribution in [0.25, 0.3) is 0 Å². The quantitative estimate of drug-likeness (QED) is 0.300. The molecule has 46 valence electrons. The third-order valence-electron chi connectivity index (χ3n) is 0.522. The summed E-state index contributed by atoms with van der Waals surface area (Å²) in [5.74, 6) is -0.627. The van der Waals surface area contributed by atoms with E-state index in [1.165, 1.54) is 0 Å². The molecular weight excluding hydrogens is 108 g/mol. The first-order valence-electron chi connectivity index (χ1n) is 2.82. The molecule has 8 heavy (non-hydrogen) atoms. The summed E-state index contributed by atoms with van der Waals surface area (Å²) in [6.45, 7) is 1.90. The lowest BCUT2D eigenvalue weighted by molar-refractivity contribution is -0.143. The van der Waals surface area contributed by atoms with Gasteiger partial charge in [0.2, 0.25) is 0 Å². The Kier molecular flexibility index (Phi) is 2.84. The van der Waals surface area contributed by atoms with Crippen LogP contribution in [0.15, 0.2) is 0 Å². The molecule has 0 aliphatic carbocycles.